The molecule has 1 N–H and O–H groups in total. The van der Waals surface area contributed by atoms with E-state index in [0.29, 0.717) is 23.8 Å². The van der Waals surface area contributed by atoms with Gasteiger partial charge in [-0.25, -0.2) is 13.4 Å². The number of nitrogens with one attached hydrogen (secondary N) is 1. The van der Waals surface area contributed by atoms with E-state index in [1.807, 2.05) is 24.3 Å². The van der Waals surface area contributed by atoms with E-state index in [9.17, 15) is 13.2 Å². The summed E-state index contributed by atoms with van der Waals surface area (Å²) in [4.78, 5) is 17.3. The van der Waals surface area contributed by atoms with Gasteiger partial charge >= 0.3 is 0 Å². The SMILES string of the molecule is COc1ccc(-c2nc(C(=O)Nc3ccc(OC)c(S(=O)(=O)N4CCCCC4)c3)cs2)cc1. The fourth-order valence-electron chi connectivity index (χ4n) is 3.64. The first-order valence-electron chi connectivity index (χ1n) is 10.5. The Morgan fingerprint density at radius 2 is 1.76 bits per heavy atom. The minimum Gasteiger partial charge on any atom is -0.497 e. The van der Waals surface area contributed by atoms with Crippen LogP contribution in [-0.2, 0) is 10.0 Å². The lowest BCUT2D eigenvalue weighted by Gasteiger charge is -2.26. The van der Waals surface area contributed by atoms with Crippen LogP contribution in [0, 0.1) is 0 Å². The Hall–Kier alpha value is -2.95. The molecule has 0 aliphatic carbocycles. The predicted molar refractivity (Wildman–Crippen MR) is 128 cm³/mol. The summed E-state index contributed by atoms with van der Waals surface area (Å²) < 4.78 is 38.3. The Bertz CT molecular complexity index is 1230. The van der Waals surface area contributed by atoms with Gasteiger partial charge in [0.25, 0.3) is 5.91 Å². The molecule has 1 amide bonds. The summed E-state index contributed by atoms with van der Waals surface area (Å²) in [6.07, 6.45) is 2.68. The van der Waals surface area contributed by atoms with E-state index in [2.05, 4.69) is 10.3 Å². The van der Waals surface area contributed by atoms with Crippen molar-refractivity contribution in [1.82, 2.24) is 9.29 Å². The molecule has 2 heterocycles. The van der Waals surface area contributed by atoms with Gasteiger partial charge in [-0.05, 0) is 55.3 Å². The molecule has 0 unspecified atom stereocenters. The number of hydrogen-bond acceptors (Lipinski definition) is 7. The van der Waals surface area contributed by atoms with E-state index >= 15 is 0 Å². The van der Waals surface area contributed by atoms with Crippen molar-refractivity contribution in [3.63, 3.8) is 0 Å². The molecule has 8 nitrogen and oxygen atoms in total. The lowest BCUT2D eigenvalue weighted by Crippen LogP contribution is -2.35. The van der Waals surface area contributed by atoms with Crippen LogP contribution in [0.3, 0.4) is 0 Å². The van der Waals surface area contributed by atoms with Gasteiger partial charge in [0.1, 0.15) is 27.1 Å². The monoisotopic (exact) mass is 487 g/mol. The van der Waals surface area contributed by atoms with Crippen LogP contribution in [-0.4, -0.2) is 50.9 Å². The molecule has 2 aromatic carbocycles. The zero-order valence-electron chi connectivity index (χ0n) is 18.4. The summed E-state index contributed by atoms with van der Waals surface area (Å²) in [5.41, 5.74) is 1.48. The average Bonchev–Trinajstić information content (AvgIpc) is 3.35. The summed E-state index contributed by atoms with van der Waals surface area (Å²) in [7, 11) is -0.702. The molecule has 1 aliphatic heterocycles. The lowest BCUT2D eigenvalue weighted by molar-refractivity contribution is 0.102. The highest BCUT2D eigenvalue weighted by Crippen LogP contribution is 2.32. The maximum atomic E-state index is 13.2. The fraction of sp³-hybridized carbons (Fsp3) is 0.304. The topological polar surface area (TPSA) is 97.8 Å². The molecule has 0 bridgehead atoms. The molecule has 0 spiro atoms. The van der Waals surface area contributed by atoms with E-state index in [1.165, 1.54) is 28.8 Å². The first-order chi connectivity index (χ1) is 15.9. The quantitative estimate of drug-likeness (QED) is 0.535. The minimum absolute atomic E-state index is 0.0434. The van der Waals surface area contributed by atoms with Gasteiger partial charge in [0.05, 0.1) is 14.2 Å². The van der Waals surface area contributed by atoms with E-state index in [1.54, 1.807) is 24.6 Å². The van der Waals surface area contributed by atoms with Crippen LogP contribution in [0.1, 0.15) is 29.8 Å². The van der Waals surface area contributed by atoms with Gasteiger partial charge < -0.3 is 14.8 Å². The highest BCUT2D eigenvalue weighted by atomic mass is 32.2. The second kappa shape index (κ2) is 9.90. The number of carbonyl (C=O) groups is 1. The maximum absolute atomic E-state index is 13.2. The number of thiazole rings is 1. The number of carbonyl (C=O) groups excluding carboxylic acids is 1. The summed E-state index contributed by atoms with van der Waals surface area (Å²) in [5, 5.41) is 5.13. The molecular weight excluding hydrogens is 462 g/mol. The van der Waals surface area contributed by atoms with Gasteiger partial charge in [0.15, 0.2) is 0 Å². The Morgan fingerprint density at radius 3 is 2.42 bits per heavy atom. The molecule has 1 aromatic heterocycles. The number of rotatable bonds is 7. The van der Waals surface area contributed by atoms with Crippen LogP contribution >= 0.6 is 11.3 Å². The molecular formula is C23H25N3O5S2. The molecule has 1 fully saturated rings. The van der Waals surface area contributed by atoms with Gasteiger partial charge in [-0.2, -0.15) is 4.31 Å². The van der Waals surface area contributed by atoms with Crippen molar-refractivity contribution in [3.05, 3.63) is 53.5 Å². The molecule has 1 aliphatic rings. The smallest absolute Gasteiger partial charge is 0.275 e. The Balaban J connectivity index is 1.55. The Labute approximate surface area is 197 Å². The molecule has 174 valence electrons. The van der Waals surface area contributed by atoms with Gasteiger partial charge in [-0.15, -0.1) is 11.3 Å². The highest BCUT2D eigenvalue weighted by molar-refractivity contribution is 7.89. The highest BCUT2D eigenvalue weighted by Gasteiger charge is 2.29. The number of ether oxygens (including phenoxy) is 2. The van der Waals surface area contributed by atoms with Crippen molar-refractivity contribution in [3.8, 4) is 22.1 Å². The minimum atomic E-state index is -3.73. The third-order valence-corrected chi connectivity index (χ3v) is 8.24. The van der Waals surface area contributed by atoms with Gasteiger partial charge in [0.2, 0.25) is 10.0 Å². The van der Waals surface area contributed by atoms with Crippen LogP contribution in [0.5, 0.6) is 11.5 Å². The molecule has 10 heteroatoms. The van der Waals surface area contributed by atoms with Crippen molar-refractivity contribution >= 4 is 33.0 Å². The predicted octanol–water partition coefficient (Wildman–Crippen LogP) is 4.25. The van der Waals surface area contributed by atoms with E-state index < -0.39 is 15.9 Å². The van der Waals surface area contributed by atoms with Crippen LogP contribution < -0.4 is 14.8 Å². The number of anilines is 1. The molecule has 33 heavy (non-hydrogen) atoms. The van der Waals surface area contributed by atoms with Gasteiger partial charge in [0, 0.05) is 29.7 Å². The number of hydrogen-bond donors (Lipinski definition) is 1. The summed E-state index contributed by atoms with van der Waals surface area (Å²) in [6.45, 7) is 0.962. The summed E-state index contributed by atoms with van der Waals surface area (Å²) in [5.74, 6) is 0.564. The Kier molecular flexibility index (Phi) is 6.96. The first-order valence-corrected chi connectivity index (χ1v) is 12.8. The van der Waals surface area contributed by atoms with Crippen molar-refractivity contribution in [2.75, 3.05) is 32.6 Å². The number of nitrogens with zero attached hydrogens (tertiary/aromatic N) is 2. The van der Waals surface area contributed by atoms with Crippen molar-refractivity contribution in [1.29, 1.82) is 0 Å². The number of amides is 1. The van der Waals surface area contributed by atoms with E-state index in [-0.39, 0.29) is 16.3 Å². The van der Waals surface area contributed by atoms with Gasteiger partial charge in [-0.1, -0.05) is 6.42 Å². The maximum Gasteiger partial charge on any atom is 0.275 e. The van der Waals surface area contributed by atoms with E-state index in [0.717, 1.165) is 30.6 Å². The van der Waals surface area contributed by atoms with Crippen LogP contribution in [0.25, 0.3) is 10.6 Å². The summed E-state index contributed by atoms with van der Waals surface area (Å²) >= 11 is 1.35. The zero-order chi connectivity index (χ0) is 23.4. The zero-order valence-corrected chi connectivity index (χ0v) is 20.0. The van der Waals surface area contributed by atoms with Crippen LogP contribution in [0.15, 0.2) is 52.7 Å². The molecule has 0 radical (unpaired) electrons. The van der Waals surface area contributed by atoms with Crippen LogP contribution in [0.4, 0.5) is 5.69 Å². The van der Waals surface area contributed by atoms with E-state index in [4.69, 9.17) is 9.47 Å². The largest absolute Gasteiger partial charge is 0.497 e. The molecule has 4 rings (SSSR count). The van der Waals surface area contributed by atoms with Crippen molar-refractivity contribution in [2.45, 2.75) is 24.2 Å². The second-order valence-corrected chi connectivity index (χ2v) is 10.3. The molecule has 1 saturated heterocycles. The molecule has 3 aromatic rings. The Morgan fingerprint density at radius 1 is 1.03 bits per heavy atom. The third kappa shape index (κ3) is 5.02. The average molecular weight is 488 g/mol. The van der Waals surface area contributed by atoms with Crippen molar-refractivity contribution in [2.24, 2.45) is 0 Å². The molecule has 0 atom stereocenters. The molecule has 0 saturated carbocycles. The lowest BCUT2D eigenvalue weighted by atomic mass is 10.2. The normalized spacial score (nSPS) is 14.6. The second-order valence-electron chi connectivity index (χ2n) is 7.55. The number of methoxy groups -OCH3 is 2. The van der Waals surface area contributed by atoms with Gasteiger partial charge in [-0.3, -0.25) is 4.79 Å². The number of sulfonamides is 1. The number of aromatic nitrogens is 1. The van der Waals surface area contributed by atoms with Crippen LogP contribution in [0.2, 0.25) is 0 Å². The summed E-state index contributed by atoms with van der Waals surface area (Å²) in [6, 6.07) is 12.0. The third-order valence-electron chi connectivity index (χ3n) is 5.43. The fourth-order valence-corrected chi connectivity index (χ4v) is 6.14. The first kappa shape index (κ1) is 23.2. The number of piperidine rings is 1. The van der Waals surface area contributed by atoms with Crippen molar-refractivity contribution < 1.29 is 22.7 Å². The standard InChI is InChI=1S/C23H25N3O5S2/c1-30-18-9-6-16(7-10-18)23-25-19(15-32-23)22(27)24-17-8-11-20(31-2)21(14-17)33(28,29)26-12-4-3-5-13-26/h6-11,14-15H,3-5,12-13H2,1-2H3,(H,24,27). The number of benzene rings is 2.